The zero-order valence-corrected chi connectivity index (χ0v) is 11.0. The first-order chi connectivity index (χ1) is 9.31. The van der Waals surface area contributed by atoms with Crippen molar-refractivity contribution in [3.05, 3.63) is 77.5 Å². The normalized spacial score (nSPS) is 10.8. The first-order valence-electron chi connectivity index (χ1n) is 5.78. The molecule has 3 heteroatoms. The fraction of sp³-hybridized carbons (Fsp3) is 0. The Kier molecular flexibility index (Phi) is 4.59. The molecule has 2 nitrogen and oxygen atoms in total. The molecule has 2 aromatic carbocycles. The highest BCUT2D eigenvalue weighted by atomic mass is 32.1. The van der Waals surface area contributed by atoms with Crippen LogP contribution in [0.2, 0.25) is 0 Å². The number of carbonyl (C=O) groups is 1. The summed E-state index contributed by atoms with van der Waals surface area (Å²) in [5.41, 5.74) is 2.55. The number of Topliss-reactive ketones (excluding diaryl/α,β-unsaturated/α-hetero) is 1. The average Bonchev–Trinajstić information content (AvgIpc) is 2.48. The van der Waals surface area contributed by atoms with Gasteiger partial charge in [0.25, 0.3) is 0 Å². The number of allylic oxidation sites excluding steroid dienone is 1. The Morgan fingerprint density at radius 2 is 1.53 bits per heavy atom. The average molecular weight is 268 g/mol. The van der Waals surface area contributed by atoms with Crippen LogP contribution in [0.5, 0.6) is 0 Å². The monoisotopic (exact) mass is 268 g/mol. The quantitative estimate of drug-likeness (QED) is 0.356. The van der Waals surface area contributed by atoms with E-state index >= 15 is 0 Å². The molecule has 0 radical (unpaired) electrons. The van der Waals surface area contributed by atoms with Gasteiger partial charge in [-0.25, -0.2) is 0 Å². The van der Waals surface area contributed by atoms with Crippen molar-refractivity contribution in [3.63, 3.8) is 0 Å². The molecule has 94 valence electrons. The van der Waals surface area contributed by atoms with Crippen molar-refractivity contribution in [2.75, 3.05) is 0 Å². The largest absolute Gasteiger partial charge is 0.449 e. The zero-order valence-electron chi connectivity index (χ0n) is 10.2. The second-order valence-corrected chi connectivity index (χ2v) is 4.02. The van der Waals surface area contributed by atoms with E-state index in [0.717, 1.165) is 11.1 Å². The third kappa shape index (κ3) is 3.60. The summed E-state index contributed by atoms with van der Waals surface area (Å²) in [6.07, 6.45) is 1.68. The Labute approximate surface area is 117 Å². The Morgan fingerprint density at radius 3 is 2.11 bits per heavy atom. The summed E-state index contributed by atoms with van der Waals surface area (Å²) in [5.74, 6) is 0.0259. The first kappa shape index (κ1) is 13.2. The topological polar surface area (TPSA) is 26.3 Å². The van der Waals surface area contributed by atoms with Crippen LogP contribution in [0.4, 0.5) is 0 Å². The number of thiocarbonyl (C=S) groups is 1. The third-order valence-corrected chi connectivity index (χ3v) is 2.63. The molecule has 19 heavy (non-hydrogen) atoms. The van der Waals surface area contributed by atoms with Gasteiger partial charge in [-0.3, -0.25) is 4.79 Å². The minimum atomic E-state index is -0.189. The van der Waals surface area contributed by atoms with Crippen molar-refractivity contribution in [2.24, 2.45) is 0 Å². The maximum atomic E-state index is 12.3. The lowest BCUT2D eigenvalue weighted by atomic mass is 10.1. The number of carbonyl (C=O) groups excluding carboxylic acids is 1. The maximum absolute atomic E-state index is 12.3. The summed E-state index contributed by atoms with van der Waals surface area (Å²) >= 11 is 4.67. The van der Waals surface area contributed by atoms with Gasteiger partial charge in [-0.1, -0.05) is 60.7 Å². The minimum Gasteiger partial charge on any atom is -0.449 e. The molecule has 0 aliphatic heterocycles. The van der Waals surface area contributed by atoms with Crippen molar-refractivity contribution in [2.45, 2.75) is 0 Å². The molecule has 0 amide bonds. The van der Waals surface area contributed by atoms with Crippen LogP contribution < -0.4 is 0 Å². The number of rotatable bonds is 5. The summed E-state index contributed by atoms with van der Waals surface area (Å²) < 4.78 is 5.16. The SMILES string of the molecule is O=C(C(=Cc1ccccc1)OC=S)c1ccccc1. The molecule has 0 aromatic heterocycles. The van der Waals surface area contributed by atoms with Crippen LogP contribution in [-0.2, 0) is 4.74 Å². The molecule has 0 spiro atoms. The molecule has 0 fully saturated rings. The lowest BCUT2D eigenvalue weighted by Gasteiger charge is -2.05. The smallest absolute Gasteiger partial charge is 0.228 e. The van der Waals surface area contributed by atoms with Crippen molar-refractivity contribution >= 4 is 29.6 Å². The van der Waals surface area contributed by atoms with Crippen molar-refractivity contribution in [1.29, 1.82) is 0 Å². The highest BCUT2D eigenvalue weighted by Gasteiger charge is 2.12. The number of hydrogen-bond donors (Lipinski definition) is 0. The Morgan fingerprint density at radius 1 is 0.947 bits per heavy atom. The van der Waals surface area contributed by atoms with Crippen molar-refractivity contribution < 1.29 is 9.53 Å². The van der Waals surface area contributed by atoms with Crippen LogP contribution in [0.25, 0.3) is 6.08 Å². The van der Waals surface area contributed by atoms with E-state index in [1.54, 1.807) is 18.2 Å². The van der Waals surface area contributed by atoms with Gasteiger partial charge < -0.3 is 4.74 Å². The third-order valence-electron chi connectivity index (χ3n) is 2.53. The second kappa shape index (κ2) is 6.61. The summed E-state index contributed by atoms with van der Waals surface area (Å²) in [6.45, 7) is 0. The molecular formula is C16H12O2S. The van der Waals surface area contributed by atoms with Crippen LogP contribution in [0.3, 0.4) is 0 Å². The van der Waals surface area contributed by atoms with Gasteiger partial charge in [0.1, 0.15) is 0 Å². The van der Waals surface area contributed by atoms with E-state index in [9.17, 15) is 4.79 Å². The lowest BCUT2D eigenvalue weighted by Crippen LogP contribution is -2.05. The first-order valence-corrected chi connectivity index (χ1v) is 6.25. The Bertz CT molecular complexity index is 589. The number of hydrogen-bond acceptors (Lipinski definition) is 3. The van der Waals surface area contributed by atoms with Crippen LogP contribution in [0, 0.1) is 0 Å². The molecule has 0 heterocycles. The number of benzene rings is 2. The van der Waals surface area contributed by atoms with Gasteiger partial charge in [0.05, 0.1) is 0 Å². The summed E-state index contributed by atoms with van der Waals surface area (Å²) in [7, 11) is 0. The zero-order chi connectivity index (χ0) is 13.5. The van der Waals surface area contributed by atoms with E-state index in [1.165, 1.54) is 0 Å². The van der Waals surface area contributed by atoms with E-state index in [-0.39, 0.29) is 11.5 Å². The Balaban J connectivity index is 2.33. The van der Waals surface area contributed by atoms with E-state index < -0.39 is 0 Å². The van der Waals surface area contributed by atoms with Gasteiger partial charge in [0.15, 0.2) is 11.3 Å². The highest BCUT2D eigenvalue weighted by molar-refractivity contribution is 7.78. The Hall–Kier alpha value is -2.26. The van der Waals surface area contributed by atoms with Gasteiger partial charge >= 0.3 is 0 Å². The van der Waals surface area contributed by atoms with Gasteiger partial charge in [0.2, 0.25) is 5.78 Å². The van der Waals surface area contributed by atoms with E-state index in [0.29, 0.717) is 5.56 Å². The number of ether oxygens (including phenoxy) is 1. The van der Waals surface area contributed by atoms with Gasteiger partial charge in [-0.15, -0.1) is 0 Å². The van der Waals surface area contributed by atoms with Gasteiger partial charge in [0, 0.05) is 5.56 Å². The molecule has 0 aliphatic rings. The molecule has 0 saturated carbocycles. The molecule has 0 N–H and O–H groups in total. The molecule has 0 unspecified atom stereocenters. The van der Waals surface area contributed by atoms with Crippen LogP contribution >= 0.6 is 12.2 Å². The van der Waals surface area contributed by atoms with Crippen LogP contribution in [0.15, 0.2) is 66.4 Å². The molecular weight excluding hydrogens is 256 g/mol. The van der Waals surface area contributed by atoms with E-state index in [1.807, 2.05) is 48.5 Å². The minimum absolute atomic E-state index is 0.189. The molecule has 0 bridgehead atoms. The van der Waals surface area contributed by atoms with Crippen LogP contribution in [-0.4, -0.2) is 11.3 Å². The van der Waals surface area contributed by atoms with Gasteiger partial charge in [-0.05, 0) is 23.9 Å². The molecule has 0 saturated heterocycles. The van der Waals surface area contributed by atoms with E-state index in [2.05, 4.69) is 12.2 Å². The molecule has 0 aliphatic carbocycles. The maximum Gasteiger partial charge on any atom is 0.228 e. The summed E-state index contributed by atoms with van der Waals surface area (Å²) in [4.78, 5) is 12.3. The lowest BCUT2D eigenvalue weighted by molar-refractivity contribution is 0.0988. The highest BCUT2D eigenvalue weighted by Crippen LogP contribution is 2.13. The van der Waals surface area contributed by atoms with E-state index in [4.69, 9.17) is 4.74 Å². The predicted molar refractivity (Wildman–Crippen MR) is 79.9 cm³/mol. The standard InChI is InChI=1S/C16H12O2S/c17-16(14-9-5-2-6-10-14)15(18-12-19)11-13-7-3-1-4-8-13/h1-12H. The predicted octanol–water partition coefficient (Wildman–Crippen LogP) is 3.88. The fourth-order valence-electron chi connectivity index (χ4n) is 1.64. The molecule has 2 rings (SSSR count). The van der Waals surface area contributed by atoms with Crippen molar-refractivity contribution in [1.82, 2.24) is 0 Å². The van der Waals surface area contributed by atoms with Crippen molar-refractivity contribution in [3.8, 4) is 0 Å². The molecule has 0 atom stereocenters. The number of ketones is 1. The van der Waals surface area contributed by atoms with Gasteiger partial charge in [-0.2, -0.15) is 0 Å². The fourth-order valence-corrected chi connectivity index (χ4v) is 1.74. The van der Waals surface area contributed by atoms with Crippen LogP contribution in [0.1, 0.15) is 15.9 Å². The second-order valence-electron chi connectivity index (χ2n) is 3.83. The summed E-state index contributed by atoms with van der Waals surface area (Å²) in [5, 5.41) is 0. The summed E-state index contributed by atoms with van der Waals surface area (Å²) in [6, 6.07) is 18.5. The molecule has 2 aromatic rings.